The molecular weight excluding hydrogens is 450 g/mol. The molecule has 0 aliphatic heterocycles. The van der Waals surface area contributed by atoms with Crippen LogP contribution >= 0.6 is 0 Å². The zero-order valence-corrected chi connectivity index (χ0v) is 23.3. The molecule has 0 aromatic heterocycles. The minimum Gasteiger partial charge on any atom is -0.325 e. The Bertz CT molecular complexity index is 1110. The predicted octanol–water partition coefficient (Wildman–Crippen LogP) is 9.19. The highest BCUT2D eigenvalue weighted by atomic mass is 16.1. The van der Waals surface area contributed by atoms with Gasteiger partial charge in [0, 0.05) is 11.6 Å². The number of anilines is 1. The number of carbonyl (C=O) groups is 1. The van der Waals surface area contributed by atoms with Crippen LogP contribution in [0.3, 0.4) is 0 Å². The summed E-state index contributed by atoms with van der Waals surface area (Å²) in [5.41, 5.74) is 7.44. The molecule has 3 aromatic carbocycles. The van der Waals surface area contributed by atoms with Gasteiger partial charge in [-0.15, -0.1) is 0 Å². The number of nitrogens with one attached hydrogen (secondary N) is 1. The number of carbonyl (C=O) groups excluding carboxylic acids is 1. The molecule has 3 aromatic rings. The van der Waals surface area contributed by atoms with E-state index in [-0.39, 0.29) is 11.8 Å². The van der Waals surface area contributed by atoms with E-state index in [4.69, 9.17) is 0 Å². The zero-order chi connectivity index (χ0) is 26.2. The van der Waals surface area contributed by atoms with E-state index in [0.717, 1.165) is 42.5 Å². The van der Waals surface area contributed by atoms with Crippen LogP contribution in [-0.2, 0) is 11.2 Å². The first-order valence-corrected chi connectivity index (χ1v) is 14.5. The lowest BCUT2D eigenvalue weighted by Gasteiger charge is -2.40. The van der Waals surface area contributed by atoms with Crippen molar-refractivity contribution in [2.24, 2.45) is 17.8 Å². The van der Waals surface area contributed by atoms with Crippen LogP contribution in [0.25, 0.3) is 0 Å². The maximum atomic E-state index is 13.9. The van der Waals surface area contributed by atoms with Gasteiger partial charge in [0.15, 0.2) is 0 Å². The number of rotatable bonds is 8. The summed E-state index contributed by atoms with van der Waals surface area (Å²) in [5, 5.41) is 3.38. The SMILES string of the molecule is CCC(C(=O)Nc1c(C)cccc1C)C1CCCCCC(c2ccccc2)C1CCc1ccc(C)cc1. The molecule has 2 nitrogen and oxygen atoms in total. The van der Waals surface area contributed by atoms with E-state index in [2.05, 4.69) is 106 Å². The summed E-state index contributed by atoms with van der Waals surface area (Å²) in [6, 6.07) is 26.4. The normalized spacial score (nSPS) is 21.0. The van der Waals surface area contributed by atoms with E-state index in [1.807, 2.05) is 0 Å². The van der Waals surface area contributed by atoms with E-state index < -0.39 is 0 Å². The van der Waals surface area contributed by atoms with Crippen molar-refractivity contribution in [1.82, 2.24) is 0 Å². The van der Waals surface area contributed by atoms with Crippen molar-refractivity contribution in [2.75, 3.05) is 5.32 Å². The maximum Gasteiger partial charge on any atom is 0.227 e. The van der Waals surface area contributed by atoms with E-state index in [1.54, 1.807) is 0 Å². The molecule has 0 spiro atoms. The molecule has 1 N–H and O–H groups in total. The van der Waals surface area contributed by atoms with Gasteiger partial charge in [-0.2, -0.15) is 0 Å². The maximum absolute atomic E-state index is 13.9. The number of hydrogen-bond acceptors (Lipinski definition) is 1. The smallest absolute Gasteiger partial charge is 0.227 e. The minimum absolute atomic E-state index is 0.0198. The highest BCUT2D eigenvalue weighted by Crippen LogP contribution is 2.45. The Hall–Kier alpha value is -2.87. The van der Waals surface area contributed by atoms with Crippen LogP contribution in [0.5, 0.6) is 0 Å². The van der Waals surface area contributed by atoms with Gasteiger partial charge in [-0.25, -0.2) is 0 Å². The molecule has 1 saturated carbocycles. The molecule has 2 heteroatoms. The molecule has 196 valence electrons. The monoisotopic (exact) mass is 495 g/mol. The number of aryl methyl sites for hydroxylation is 4. The summed E-state index contributed by atoms with van der Waals surface area (Å²) < 4.78 is 0. The summed E-state index contributed by atoms with van der Waals surface area (Å²) in [5.74, 6) is 1.59. The predicted molar refractivity (Wildman–Crippen MR) is 157 cm³/mol. The molecule has 4 atom stereocenters. The summed E-state index contributed by atoms with van der Waals surface area (Å²) >= 11 is 0. The Kier molecular flexibility index (Phi) is 9.61. The molecular formula is C35H45NO. The summed E-state index contributed by atoms with van der Waals surface area (Å²) in [6.45, 7) is 8.55. The number of benzene rings is 3. The third-order valence-corrected chi connectivity index (χ3v) is 8.76. The fourth-order valence-corrected chi connectivity index (χ4v) is 6.67. The first-order chi connectivity index (χ1) is 18.0. The van der Waals surface area contributed by atoms with E-state index in [9.17, 15) is 4.79 Å². The molecule has 0 bridgehead atoms. The minimum atomic E-state index is 0.0198. The Morgan fingerprint density at radius 1 is 0.838 bits per heavy atom. The standard InChI is InChI=1S/C35H45NO/c1-5-30(35(37)36-34-26(3)13-12-14-27(34)4)32-18-11-7-10-17-31(29-15-8-6-9-16-29)33(32)24-23-28-21-19-25(2)20-22-28/h6,8-9,12-16,19-22,30-33H,5,7,10-11,17-18,23-24H2,1-4H3,(H,36,37). The lowest BCUT2D eigenvalue weighted by molar-refractivity contribution is -0.122. The molecule has 0 saturated heterocycles. The number of para-hydroxylation sites is 1. The van der Waals surface area contributed by atoms with Crippen molar-refractivity contribution < 1.29 is 4.79 Å². The molecule has 0 heterocycles. The number of amides is 1. The molecule has 1 fully saturated rings. The molecule has 1 aliphatic carbocycles. The Balaban J connectivity index is 1.66. The summed E-state index contributed by atoms with van der Waals surface area (Å²) in [4.78, 5) is 13.9. The van der Waals surface area contributed by atoms with Gasteiger partial charge in [0.25, 0.3) is 0 Å². The molecule has 1 amide bonds. The topological polar surface area (TPSA) is 29.1 Å². The van der Waals surface area contributed by atoms with Crippen molar-refractivity contribution >= 4 is 11.6 Å². The van der Waals surface area contributed by atoms with Gasteiger partial charge in [0.2, 0.25) is 5.91 Å². The van der Waals surface area contributed by atoms with Gasteiger partial charge in [-0.3, -0.25) is 4.79 Å². The lowest BCUT2D eigenvalue weighted by Crippen LogP contribution is -2.37. The fraction of sp³-hybridized carbons (Fsp3) is 0.457. The van der Waals surface area contributed by atoms with Crippen LogP contribution in [0.15, 0.2) is 72.8 Å². The van der Waals surface area contributed by atoms with Crippen LogP contribution in [0.4, 0.5) is 5.69 Å². The highest BCUT2D eigenvalue weighted by Gasteiger charge is 2.38. The van der Waals surface area contributed by atoms with Crippen molar-refractivity contribution in [2.45, 2.75) is 85.0 Å². The van der Waals surface area contributed by atoms with Gasteiger partial charge in [0.05, 0.1) is 0 Å². The third-order valence-electron chi connectivity index (χ3n) is 8.76. The van der Waals surface area contributed by atoms with Crippen molar-refractivity contribution in [3.63, 3.8) is 0 Å². The molecule has 4 rings (SSSR count). The van der Waals surface area contributed by atoms with Gasteiger partial charge >= 0.3 is 0 Å². The van der Waals surface area contributed by atoms with Gasteiger partial charge in [0.1, 0.15) is 0 Å². The molecule has 0 radical (unpaired) electrons. The van der Waals surface area contributed by atoms with Gasteiger partial charge < -0.3 is 5.32 Å². The second-order valence-corrected chi connectivity index (χ2v) is 11.3. The Labute approximate surface area is 224 Å². The van der Waals surface area contributed by atoms with E-state index >= 15 is 0 Å². The lowest BCUT2D eigenvalue weighted by atomic mass is 9.65. The number of hydrogen-bond donors (Lipinski definition) is 1. The average Bonchev–Trinajstić information content (AvgIpc) is 2.89. The van der Waals surface area contributed by atoms with Gasteiger partial charge in [-0.1, -0.05) is 105 Å². The second-order valence-electron chi connectivity index (χ2n) is 11.3. The van der Waals surface area contributed by atoms with Crippen molar-refractivity contribution in [3.8, 4) is 0 Å². The van der Waals surface area contributed by atoms with Crippen LogP contribution in [-0.4, -0.2) is 5.91 Å². The third kappa shape index (κ3) is 6.92. The Morgan fingerprint density at radius 2 is 1.51 bits per heavy atom. The van der Waals surface area contributed by atoms with Gasteiger partial charge in [-0.05, 0) is 92.9 Å². The first-order valence-electron chi connectivity index (χ1n) is 14.5. The van der Waals surface area contributed by atoms with E-state index in [0.29, 0.717) is 17.8 Å². The quantitative estimate of drug-likeness (QED) is 0.331. The molecule has 37 heavy (non-hydrogen) atoms. The zero-order valence-electron chi connectivity index (χ0n) is 23.3. The fourth-order valence-electron chi connectivity index (χ4n) is 6.67. The van der Waals surface area contributed by atoms with Crippen molar-refractivity contribution in [3.05, 3.63) is 101 Å². The van der Waals surface area contributed by atoms with E-state index in [1.165, 1.54) is 42.4 Å². The van der Waals surface area contributed by atoms with Crippen LogP contribution in [0.2, 0.25) is 0 Å². The summed E-state index contributed by atoms with van der Waals surface area (Å²) in [6.07, 6.45) is 9.19. The molecule has 1 aliphatic rings. The first kappa shape index (κ1) is 27.2. The van der Waals surface area contributed by atoms with Crippen LogP contribution < -0.4 is 5.32 Å². The average molecular weight is 496 g/mol. The largest absolute Gasteiger partial charge is 0.325 e. The van der Waals surface area contributed by atoms with Crippen LogP contribution in [0, 0.1) is 38.5 Å². The highest BCUT2D eigenvalue weighted by molar-refractivity contribution is 5.94. The molecule has 4 unspecified atom stereocenters. The second kappa shape index (κ2) is 13.1. The summed E-state index contributed by atoms with van der Waals surface area (Å²) in [7, 11) is 0. The van der Waals surface area contributed by atoms with Crippen LogP contribution in [0.1, 0.15) is 85.6 Å². The Morgan fingerprint density at radius 3 is 2.19 bits per heavy atom. The van der Waals surface area contributed by atoms with Crippen molar-refractivity contribution in [1.29, 1.82) is 0 Å².